The Balaban J connectivity index is 2.35. The van der Waals surface area contributed by atoms with Crippen molar-refractivity contribution in [3.05, 3.63) is 0 Å². The molecule has 1 fully saturated rings. The number of nitrogens with one attached hydrogen (secondary N) is 1. The highest BCUT2D eigenvalue weighted by Gasteiger charge is 2.24. The maximum Gasteiger partial charge on any atom is 0.151 e. The predicted molar refractivity (Wildman–Crippen MR) is 51.4 cm³/mol. The van der Waals surface area contributed by atoms with Crippen LogP contribution in [0.4, 0.5) is 0 Å². The molecule has 2 N–H and O–H groups in total. The largest absolute Gasteiger partial charge is 0.392 e. The zero-order valence-electron chi connectivity index (χ0n) is 7.86. The van der Waals surface area contributed by atoms with Crippen molar-refractivity contribution in [1.82, 2.24) is 5.32 Å². The van der Waals surface area contributed by atoms with Gasteiger partial charge < -0.3 is 10.4 Å². The third-order valence-electron chi connectivity index (χ3n) is 2.16. The van der Waals surface area contributed by atoms with Gasteiger partial charge in [0.25, 0.3) is 0 Å². The van der Waals surface area contributed by atoms with E-state index in [4.69, 9.17) is 5.11 Å². The van der Waals surface area contributed by atoms with Gasteiger partial charge in [-0.2, -0.15) is 0 Å². The van der Waals surface area contributed by atoms with E-state index in [0.717, 1.165) is 12.8 Å². The third kappa shape index (κ3) is 4.06. The van der Waals surface area contributed by atoms with Crippen molar-refractivity contribution in [2.45, 2.75) is 31.9 Å². The summed E-state index contributed by atoms with van der Waals surface area (Å²) >= 11 is 0. The van der Waals surface area contributed by atoms with Gasteiger partial charge in [0, 0.05) is 12.6 Å². The molecule has 0 radical (unpaired) electrons. The minimum atomic E-state index is -2.82. The van der Waals surface area contributed by atoms with Crippen LogP contribution in [0.1, 0.15) is 19.8 Å². The Morgan fingerprint density at radius 3 is 2.85 bits per heavy atom. The molecule has 0 spiro atoms. The van der Waals surface area contributed by atoms with Crippen molar-refractivity contribution in [3.63, 3.8) is 0 Å². The molecular formula is C8H17NO3S. The van der Waals surface area contributed by atoms with Crippen LogP contribution in [-0.2, 0) is 9.84 Å². The lowest BCUT2D eigenvalue weighted by Gasteiger charge is -2.23. The third-order valence-corrected chi connectivity index (χ3v) is 3.99. The Labute approximate surface area is 79.3 Å². The van der Waals surface area contributed by atoms with Crippen molar-refractivity contribution in [3.8, 4) is 0 Å². The van der Waals surface area contributed by atoms with E-state index < -0.39 is 15.9 Å². The van der Waals surface area contributed by atoms with E-state index in [1.54, 1.807) is 6.92 Å². The minimum absolute atomic E-state index is 0.0355. The fraction of sp³-hybridized carbons (Fsp3) is 1.00. The lowest BCUT2D eigenvalue weighted by atomic mass is 10.2. The summed E-state index contributed by atoms with van der Waals surface area (Å²) in [4.78, 5) is 0. The zero-order chi connectivity index (χ0) is 9.90. The summed E-state index contributed by atoms with van der Waals surface area (Å²) in [5.41, 5.74) is 0. The Hall–Kier alpha value is -0.130. The minimum Gasteiger partial charge on any atom is -0.392 e. The van der Waals surface area contributed by atoms with Gasteiger partial charge in [-0.25, -0.2) is 8.42 Å². The Kier molecular flexibility index (Phi) is 3.70. The molecule has 1 aliphatic rings. The molecule has 0 amide bonds. The molecule has 1 aliphatic heterocycles. The van der Waals surface area contributed by atoms with Crippen molar-refractivity contribution in [2.24, 2.45) is 0 Å². The normalized spacial score (nSPS) is 29.8. The highest BCUT2D eigenvalue weighted by molar-refractivity contribution is 7.91. The number of hydrogen-bond donors (Lipinski definition) is 2. The van der Waals surface area contributed by atoms with Crippen molar-refractivity contribution in [2.75, 3.05) is 18.1 Å². The van der Waals surface area contributed by atoms with E-state index in [0.29, 0.717) is 12.3 Å². The summed E-state index contributed by atoms with van der Waals surface area (Å²) in [7, 11) is -2.82. The fourth-order valence-corrected chi connectivity index (χ4v) is 3.19. The van der Waals surface area contributed by atoms with Gasteiger partial charge in [0.2, 0.25) is 0 Å². The molecule has 0 aromatic heterocycles. The first-order valence-corrected chi connectivity index (χ1v) is 6.43. The first kappa shape index (κ1) is 10.9. The predicted octanol–water partition coefficient (Wildman–Crippen LogP) is -0.466. The number of aliphatic hydroxyl groups is 1. The molecule has 1 unspecified atom stereocenters. The molecule has 1 heterocycles. The summed E-state index contributed by atoms with van der Waals surface area (Å²) in [6, 6.07) is 0.0355. The molecule has 78 valence electrons. The Bertz CT molecular complexity index is 248. The maximum atomic E-state index is 11.2. The molecule has 0 bridgehead atoms. The second-order valence-corrected chi connectivity index (χ2v) is 5.94. The molecule has 0 saturated carbocycles. The molecule has 2 atom stereocenters. The van der Waals surface area contributed by atoms with Gasteiger partial charge in [-0.1, -0.05) is 0 Å². The van der Waals surface area contributed by atoms with Crippen LogP contribution in [0.25, 0.3) is 0 Å². The van der Waals surface area contributed by atoms with Gasteiger partial charge in [-0.15, -0.1) is 0 Å². The van der Waals surface area contributed by atoms with Crippen LogP contribution in [0, 0.1) is 0 Å². The molecule has 13 heavy (non-hydrogen) atoms. The standard InChI is InChI=1S/C8H17NO3S/c1-7(10)5-9-8-3-2-4-13(11,12)6-8/h7-10H,2-6H2,1H3/t7-,8?/m0/s1. The van der Waals surface area contributed by atoms with Gasteiger partial charge in [0.05, 0.1) is 17.6 Å². The molecule has 0 aromatic carbocycles. The van der Waals surface area contributed by atoms with Crippen LogP contribution in [-0.4, -0.2) is 43.7 Å². The summed E-state index contributed by atoms with van der Waals surface area (Å²) in [6.07, 6.45) is 1.22. The monoisotopic (exact) mass is 207 g/mol. The average molecular weight is 207 g/mol. The number of rotatable bonds is 3. The fourth-order valence-electron chi connectivity index (χ4n) is 1.52. The van der Waals surface area contributed by atoms with Gasteiger partial charge in [-0.3, -0.25) is 0 Å². The number of aliphatic hydroxyl groups excluding tert-OH is 1. The number of hydrogen-bond acceptors (Lipinski definition) is 4. The molecule has 4 nitrogen and oxygen atoms in total. The van der Waals surface area contributed by atoms with Gasteiger partial charge in [0.1, 0.15) is 0 Å². The summed E-state index contributed by atoms with van der Waals surface area (Å²) < 4.78 is 22.4. The van der Waals surface area contributed by atoms with Crippen molar-refractivity contribution in [1.29, 1.82) is 0 Å². The number of sulfone groups is 1. The molecule has 0 aromatic rings. The van der Waals surface area contributed by atoms with E-state index in [1.165, 1.54) is 0 Å². The van der Waals surface area contributed by atoms with E-state index in [-0.39, 0.29) is 11.8 Å². The van der Waals surface area contributed by atoms with Crippen LogP contribution in [0.3, 0.4) is 0 Å². The molecular weight excluding hydrogens is 190 g/mol. The van der Waals surface area contributed by atoms with Gasteiger partial charge in [-0.05, 0) is 19.8 Å². The Morgan fingerprint density at radius 2 is 2.31 bits per heavy atom. The SMILES string of the molecule is C[C@H](O)CNC1CCCS(=O)(=O)C1. The smallest absolute Gasteiger partial charge is 0.151 e. The summed E-state index contributed by atoms with van der Waals surface area (Å²) in [6.45, 7) is 2.16. The highest BCUT2D eigenvalue weighted by Crippen LogP contribution is 2.11. The zero-order valence-corrected chi connectivity index (χ0v) is 8.68. The average Bonchev–Trinajstić information content (AvgIpc) is 1.99. The molecule has 5 heteroatoms. The van der Waals surface area contributed by atoms with E-state index in [2.05, 4.69) is 5.32 Å². The first-order valence-electron chi connectivity index (χ1n) is 4.61. The van der Waals surface area contributed by atoms with Crippen molar-refractivity contribution < 1.29 is 13.5 Å². The second-order valence-electron chi connectivity index (χ2n) is 3.71. The first-order chi connectivity index (χ1) is 5.99. The van der Waals surface area contributed by atoms with Gasteiger partial charge >= 0.3 is 0 Å². The molecule has 1 rings (SSSR count). The highest BCUT2D eigenvalue weighted by atomic mass is 32.2. The quantitative estimate of drug-likeness (QED) is 0.657. The van der Waals surface area contributed by atoms with Crippen LogP contribution in [0.2, 0.25) is 0 Å². The second kappa shape index (κ2) is 4.39. The summed E-state index contributed by atoms with van der Waals surface area (Å²) in [5.74, 6) is 0.541. The van der Waals surface area contributed by atoms with Crippen LogP contribution >= 0.6 is 0 Å². The van der Waals surface area contributed by atoms with Crippen LogP contribution in [0.5, 0.6) is 0 Å². The van der Waals surface area contributed by atoms with Gasteiger partial charge in [0.15, 0.2) is 9.84 Å². The lowest BCUT2D eigenvalue weighted by Crippen LogP contribution is -2.42. The van der Waals surface area contributed by atoms with E-state index in [1.807, 2.05) is 0 Å². The summed E-state index contributed by atoms with van der Waals surface area (Å²) in [5, 5.41) is 12.0. The molecule has 0 aliphatic carbocycles. The topological polar surface area (TPSA) is 66.4 Å². The Morgan fingerprint density at radius 1 is 1.62 bits per heavy atom. The van der Waals surface area contributed by atoms with Crippen LogP contribution in [0.15, 0.2) is 0 Å². The van der Waals surface area contributed by atoms with Crippen LogP contribution < -0.4 is 5.32 Å². The maximum absolute atomic E-state index is 11.2. The van der Waals surface area contributed by atoms with E-state index in [9.17, 15) is 8.42 Å². The van der Waals surface area contributed by atoms with Crippen molar-refractivity contribution >= 4 is 9.84 Å². The van der Waals surface area contributed by atoms with E-state index >= 15 is 0 Å². The lowest BCUT2D eigenvalue weighted by molar-refractivity contribution is 0.186. The molecule has 1 saturated heterocycles.